The molecular weight excluding hydrogens is 279 g/mol. The molecule has 0 saturated carbocycles. The molecule has 4 rings (SSSR count). The lowest BCUT2D eigenvalue weighted by Gasteiger charge is -2.06. The van der Waals surface area contributed by atoms with E-state index < -0.39 is 0 Å². The lowest BCUT2D eigenvalue weighted by atomic mass is 10.0. The van der Waals surface area contributed by atoms with Gasteiger partial charge in [-0.25, -0.2) is 9.37 Å². The predicted octanol–water partition coefficient (Wildman–Crippen LogP) is 3.84. The fraction of sp³-hybridized carbons (Fsp3) is 0.0588. The van der Waals surface area contributed by atoms with Crippen LogP contribution in [0.4, 0.5) is 4.39 Å². The van der Waals surface area contributed by atoms with E-state index in [9.17, 15) is 4.39 Å². The number of aromatic amines is 1. The van der Waals surface area contributed by atoms with Gasteiger partial charge in [0.1, 0.15) is 0 Å². The van der Waals surface area contributed by atoms with E-state index in [1.54, 1.807) is 10.6 Å². The maximum absolute atomic E-state index is 14.2. The molecule has 0 aliphatic heterocycles. The summed E-state index contributed by atoms with van der Waals surface area (Å²) >= 11 is 0. The van der Waals surface area contributed by atoms with Gasteiger partial charge in [-0.3, -0.25) is 5.10 Å². The molecule has 22 heavy (non-hydrogen) atoms. The zero-order chi connectivity index (χ0) is 15.1. The van der Waals surface area contributed by atoms with Crippen molar-refractivity contribution in [2.75, 3.05) is 0 Å². The zero-order valence-electron chi connectivity index (χ0n) is 11.9. The van der Waals surface area contributed by atoms with Crippen LogP contribution in [0.2, 0.25) is 0 Å². The van der Waals surface area contributed by atoms with Crippen LogP contribution in [0.3, 0.4) is 0 Å². The second-order valence-electron chi connectivity index (χ2n) is 5.26. The van der Waals surface area contributed by atoms with E-state index in [1.165, 1.54) is 6.07 Å². The van der Waals surface area contributed by atoms with Crippen molar-refractivity contribution in [3.8, 4) is 22.3 Å². The minimum absolute atomic E-state index is 0.320. The van der Waals surface area contributed by atoms with Crippen molar-refractivity contribution >= 4 is 5.65 Å². The number of hydrogen-bond acceptors (Lipinski definition) is 2. The van der Waals surface area contributed by atoms with Crippen LogP contribution < -0.4 is 0 Å². The first-order valence-electron chi connectivity index (χ1n) is 6.95. The molecule has 1 aromatic carbocycles. The number of rotatable bonds is 2. The van der Waals surface area contributed by atoms with Crippen molar-refractivity contribution < 1.29 is 4.39 Å². The Balaban J connectivity index is 1.86. The molecule has 0 spiro atoms. The van der Waals surface area contributed by atoms with E-state index >= 15 is 0 Å². The molecule has 0 aliphatic carbocycles. The Bertz CT molecular complexity index is 954. The summed E-state index contributed by atoms with van der Waals surface area (Å²) in [5.41, 5.74) is 4.95. The summed E-state index contributed by atoms with van der Waals surface area (Å²) in [7, 11) is 0. The van der Waals surface area contributed by atoms with E-state index in [0.717, 1.165) is 27.9 Å². The Morgan fingerprint density at radius 1 is 1.05 bits per heavy atom. The molecule has 0 aliphatic rings. The number of imidazole rings is 1. The number of aryl methyl sites for hydroxylation is 1. The summed E-state index contributed by atoms with van der Waals surface area (Å²) in [5.74, 6) is -0.320. The van der Waals surface area contributed by atoms with Crippen LogP contribution in [0.5, 0.6) is 0 Å². The summed E-state index contributed by atoms with van der Waals surface area (Å²) in [6.45, 7) is 1.85. The van der Waals surface area contributed by atoms with Gasteiger partial charge < -0.3 is 4.40 Å². The van der Waals surface area contributed by atoms with Crippen LogP contribution in [0.25, 0.3) is 27.9 Å². The Labute approximate surface area is 126 Å². The van der Waals surface area contributed by atoms with Crippen molar-refractivity contribution in [1.29, 1.82) is 0 Å². The van der Waals surface area contributed by atoms with Crippen LogP contribution in [-0.4, -0.2) is 19.6 Å². The highest BCUT2D eigenvalue weighted by Crippen LogP contribution is 2.27. The molecule has 4 aromatic rings. The minimum Gasteiger partial charge on any atom is -0.304 e. The number of pyridine rings is 1. The highest BCUT2D eigenvalue weighted by molar-refractivity contribution is 5.72. The van der Waals surface area contributed by atoms with Crippen LogP contribution in [0, 0.1) is 12.7 Å². The third-order valence-corrected chi connectivity index (χ3v) is 3.65. The standard InChI is InChI=1S/C17H13FN4/c1-11-9-22-10-14(6-16(18)17(22)21-11)12-3-2-4-13(5-12)15-7-19-20-8-15/h2-10H,1H3,(H,19,20). The number of nitrogens with one attached hydrogen (secondary N) is 1. The van der Waals surface area contributed by atoms with Gasteiger partial charge in [0.05, 0.1) is 11.9 Å². The van der Waals surface area contributed by atoms with Crippen LogP contribution >= 0.6 is 0 Å². The number of benzene rings is 1. The first-order valence-corrected chi connectivity index (χ1v) is 6.95. The van der Waals surface area contributed by atoms with Gasteiger partial charge in [0.25, 0.3) is 0 Å². The minimum atomic E-state index is -0.320. The van der Waals surface area contributed by atoms with Crippen LogP contribution in [0.15, 0.2) is 55.1 Å². The van der Waals surface area contributed by atoms with Crippen LogP contribution in [0.1, 0.15) is 5.69 Å². The number of halogens is 1. The van der Waals surface area contributed by atoms with Crippen LogP contribution in [-0.2, 0) is 0 Å². The number of hydrogen-bond donors (Lipinski definition) is 1. The van der Waals surface area contributed by atoms with Crippen molar-refractivity contribution in [3.63, 3.8) is 0 Å². The van der Waals surface area contributed by atoms with E-state index in [2.05, 4.69) is 15.2 Å². The van der Waals surface area contributed by atoms with Gasteiger partial charge >= 0.3 is 0 Å². The van der Waals surface area contributed by atoms with Gasteiger partial charge in [0, 0.05) is 29.7 Å². The smallest absolute Gasteiger partial charge is 0.173 e. The lowest BCUT2D eigenvalue weighted by molar-refractivity contribution is 0.630. The molecule has 3 aromatic heterocycles. The van der Waals surface area contributed by atoms with Gasteiger partial charge in [0.15, 0.2) is 11.5 Å². The molecular formula is C17H13FN4. The van der Waals surface area contributed by atoms with Gasteiger partial charge in [-0.2, -0.15) is 5.10 Å². The van der Waals surface area contributed by atoms with Gasteiger partial charge in [-0.05, 0) is 30.2 Å². The molecule has 0 saturated heterocycles. The highest BCUT2D eigenvalue weighted by Gasteiger charge is 2.09. The fourth-order valence-electron chi connectivity index (χ4n) is 2.62. The van der Waals surface area contributed by atoms with Crippen molar-refractivity contribution in [2.45, 2.75) is 6.92 Å². The Kier molecular flexibility index (Phi) is 2.79. The zero-order valence-corrected chi connectivity index (χ0v) is 11.9. The maximum Gasteiger partial charge on any atom is 0.173 e. The largest absolute Gasteiger partial charge is 0.304 e. The lowest BCUT2D eigenvalue weighted by Crippen LogP contribution is -1.91. The van der Waals surface area contributed by atoms with Gasteiger partial charge in [-0.15, -0.1) is 0 Å². The molecule has 0 atom stereocenters. The molecule has 0 fully saturated rings. The molecule has 1 N–H and O–H groups in total. The number of aromatic nitrogens is 4. The van der Waals surface area contributed by atoms with Gasteiger partial charge in [0.2, 0.25) is 0 Å². The second-order valence-corrected chi connectivity index (χ2v) is 5.26. The predicted molar refractivity (Wildman–Crippen MR) is 82.9 cm³/mol. The molecule has 0 unspecified atom stereocenters. The molecule has 0 bridgehead atoms. The normalized spacial score (nSPS) is 11.2. The SMILES string of the molecule is Cc1cn2cc(-c3cccc(-c4cn[nH]c4)c3)cc(F)c2n1. The summed E-state index contributed by atoms with van der Waals surface area (Å²) in [6, 6.07) is 9.48. The number of H-pyrrole nitrogens is 1. The van der Waals surface area contributed by atoms with E-state index in [1.807, 2.05) is 49.8 Å². The Morgan fingerprint density at radius 2 is 1.86 bits per heavy atom. The number of nitrogens with zero attached hydrogens (tertiary/aromatic N) is 3. The summed E-state index contributed by atoms with van der Waals surface area (Å²) < 4.78 is 15.9. The number of fused-ring (bicyclic) bond motifs is 1. The molecule has 0 radical (unpaired) electrons. The average molecular weight is 292 g/mol. The first-order chi connectivity index (χ1) is 10.7. The third kappa shape index (κ3) is 2.07. The van der Waals surface area contributed by atoms with E-state index in [0.29, 0.717) is 5.65 Å². The monoisotopic (exact) mass is 292 g/mol. The third-order valence-electron chi connectivity index (χ3n) is 3.65. The van der Waals surface area contributed by atoms with E-state index in [-0.39, 0.29) is 5.82 Å². The van der Waals surface area contributed by atoms with E-state index in [4.69, 9.17) is 0 Å². The summed E-state index contributed by atoms with van der Waals surface area (Å²) in [5, 5.41) is 6.76. The molecule has 108 valence electrons. The molecule has 0 amide bonds. The first kappa shape index (κ1) is 12.8. The fourth-order valence-corrected chi connectivity index (χ4v) is 2.62. The summed E-state index contributed by atoms with van der Waals surface area (Å²) in [6.07, 6.45) is 7.32. The quantitative estimate of drug-likeness (QED) is 0.610. The van der Waals surface area contributed by atoms with Crippen molar-refractivity contribution in [2.24, 2.45) is 0 Å². The molecule has 3 heterocycles. The Hall–Kier alpha value is -2.95. The Morgan fingerprint density at radius 3 is 2.64 bits per heavy atom. The topological polar surface area (TPSA) is 46.0 Å². The average Bonchev–Trinajstić information content (AvgIpc) is 3.16. The van der Waals surface area contributed by atoms with Gasteiger partial charge in [-0.1, -0.05) is 18.2 Å². The molecule has 5 heteroatoms. The second kappa shape index (κ2) is 4.80. The maximum atomic E-state index is 14.2. The van der Waals surface area contributed by atoms with Crippen molar-refractivity contribution in [1.82, 2.24) is 19.6 Å². The van der Waals surface area contributed by atoms with Crippen molar-refractivity contribution in [3.05, 3.63) is 66.6 Å². The summed E-state index contributed by atoms with van der Waals surface area (Å²) in [4.78, 5) is 4.18. The molecule has 4 nitrogen and oxygen atoms in total. The highest BCUT2D eigenvalue weighted by atomic mass is 19.1.